The lowest BCUT2D eigenvalue weighted by Gasteiger charge is -2.22. The molecule has 13 heavy (non-hydrogen) atoms. The molecule has 0 spiro atoms. The second kappa shape index (κ2) is 4.43. The lowest BCUT2D eigenvalue weighted by molar-refractivity contribution is 0.308. The lowest BCUT2D eigenvalue weighted by atomic mass is 10.1. The predicted molar refractivity (Wildman–Crippen MR) is 58.0 cm³/mol. The van der Waals surface area contributed by atoms with Gasteiger partial charge in [-0.2, -0.15) is 0 Å². The SMILES string of the molecule is CN(CCCNC(C)(C)C)C1CC1. The Kier molecular flexibility index (Phi) is 3.74. The summed E-state index contributed by atoms with van der Waals surface area (Å²) in [6, 6.07) is 0.912. The summed E-state index contributed by atoms with van der Waals surface area (Å²) in [5.74, 6) is 0. The van der Waals surface area contributed by atoms with Crippen molar-refractivity contribution in [3.63, 3.8) is 0 Å². The molecule has 0 aromatic rings. The minimum absolute atomic E-state index is 0.276. The van der Waals surface area contributed by atoms with Crippen molar-refractivity contribution in [2.75, 3.05) is 20.1 Å². The third-order valence-corrected chi connectivity index (χ3v) is 2.51. The first kappa shape index (κ1) is 11.0. The molecule has 78 valence electrons. The van der Waals surface area contributed by atoms with Gasteiger partial charge in [-0.05, 0) is 60.2 Å². The number of hydrogen-bond donors (Lipinski definition) is 1. The fourth-order valence-electron chi connectivity index (χ4n) is 1.49. The van der Waals surface area contributed by atoms with Crippen LogP contribution in [0.1, 0.15) is 40.0 Å². The third kappa shape index (κ3) is 5.27. The van der Waals surface area contributed by atoms with E-state index in [-0.39, 0.29) is 5.54 Å². The number of hydrogen-bond acceptors (Lipinski definition) is 2. The Morgan fingerprint density at radius 2 is 1.92 bits per heavy atom. The van der Waals surface area contributed by atoms with Crippen molar-refractivity contribution in [2.24, 2.45) is 0 Å². The van der Waals surface area contributed by atoms with Gasteiger partial charge in [0.15, 0.2) is 0 Å². The Morgan fingerprint density at radius 1 is 1.31 bits per heavy atom. The first-order valence-electron chi connectivity index (χ1n) is 5.44. The second-order valence-corrected chi connectivity index (χ2v) is 5.24. The monoisotopic (exact) mass is 184 g/mol. The third-order valence-electron chi connectivity index (χ3n) is 2.51. The topological polar surface area (TPSA) is 15.3 Å². The molecule has 0 aliphatic heterocycles. The number of nitrogens with one attached hydrogen (secondary N) is 1. The molecule has 0 unspecified atom stereocenters. The molecular formula is C11H24N2. The van der Waals surface area contributed by atoms with Crippen LogP contribution in [0.3, 0.4) is 0 Å². The highest BCUT2D eigenvalue weighted by Gasteiger charge is 2.25. The zero-order valence-electron chi connectivity index (χ0n) is 9.56. The molecule has 1 aliphatic rings. The fraction of sp³-hybridized carbons (Fsp3) is 1.00. The van der Waals surface area contributed by atoms with Gasteiger partial charge in [0.25, 0.3) is 0 Å². The van der Waals surface area contributed by atoms with E-state index in [0.29, 0.717) is 0 Å². The molecule has 0 amide bonds. The van der Waals surface area contributed by atoms with Gasteiger partial charge in [-0.1, -0.05) is 0 Å². The van der Waals surface area contributed by atoms with Crippen molar-refractivity contribution < 1.29 is 0 Å². The van der Waals surface area contributed by atoms with E-state index in [9.17, 15) is 0 Å². The molecule has 1 fully saturated rings. The molecule has 0 heterocycles. The van der Waals surface area contributed by atoms with Crippen LogP contribution in [0.15, 0.2) is 0 Å². The summed E-state index contributed by atoms with van der Waals surface area (Å²) in [5, 5.41) is 3.51. The van der Waals surface area contributed by atoms with Crippen LogP contribution in [0, 0.1) is 0 Å². The Hall–Kier alpha value is -0.0800. The van der Waals surface area contributed by atoms with E-state index in [0.717, 1.165) is 12.6 Å². The summed E-state index contributed by atoms with van der Waals surface area (Å²) in [6.07, 6.45) is 4.11. The first-order valence-corrected chi connectivity index (χ1v) is 5.44. The van der Waals surface area contributed by atoms with Crippen LogP contribution in [0.2, 0.25) is 0 Å². The highest BCUT2D eigenvalue weighted by molar-refractivity contribution is 4.82. The molecule has 0 atom stereocenters. The summed E-state index contributed by atoms with van der Waals surface area (Å²) in [7, 11) is 2.24. The minimum Gasteiger partial charge on any atom is -0.312 e. The van der Waals surface area contributed by atoms with Gasteiger partial charge in [0.1, 0.15) is 0 Å². The molecular weight excluding hydrogens is 160 g/mol. The zero-order valence-corrected chi connectivity index (χ0v) is 9.56. The van der Waals surface area contributed by atoms with Gasteiger partial charge >= 0.3 is 0 Å². The fourth-order valence-corrected chi connectivity index (χ4v) is 1.49. The largest absolute Gasteiger partial charge is 0.312 e. The summed E-state index contributed by atoms with van der Waals surface area (Å²) in [4.78, 5) is 2.49. The normalized spacial score (nSPS) is 18.2. The number of rotatable bonds is 5. The van der Waals surface area contributed by atoms with E-state index < -0.39 is 0 Å². The van der Waals surface area contributed by atoms with Crippen LogP contribution in [-0.2, 0) is 0 Å². The molecule has 0 aromatic carbocycles. The van der Waals surface area contributed by atoms with Crippen molar-refractivity contribution in [1.29, 1.82) is 0 Å². The smallest absolute Gasteiger partial charge is 0.00965 e. The van der Waals surface area contributed by atoms with Gasteiger partial charge in [0, 0.05) is 11.6 Å². The zero-order chi connectivity index (χ0) is 9.90. The lowest BCUT2D eigenvalue weighted by Crippen LogP contribution is -2.37. The Labute approximate surface area is 82.7 Å². The van der Waals surface area contributed by atoms with E-state index in [1.54, 1.807) is 0 Å². The van der Waals surface area contributed by atoms with E-state index in [2.05, 4.69) is 38.0 Å². The molecule has 0 aromatic heterocycles. The molecule has 1 N–H and O–H groups in total. The summed E-state index contributed by atoms with van der Waals surface area (Å²) in [6.45, 7) is 9.04. The minimum atomic E-state index is 0.276. The molecule has 0 bridgehead atoms. The molecule has 1 rings (SSSR count). The molecule has 2 heteroatoms. The molecule has 1 aliphatic carbocycles. The summed E-state index contributed by atoms with van der Waals surface area (Å²) in [5.41, 5.74) is 0.276. The van der Waals surface area contributed by atoms with E-state index >= 15 is 0 Å². The maximum atomic E-state index is 3.51. The molecule has 0 radical (unpaired) electrons. The van der Waals surface area contributed by atoms with Crippen molar-refractivity contribution in [1.82, 2.24) is 10.2 Å². The van der Waals surface area contributed by atoms with Crippen LogP contribution in [0.4, 0.5) is 0 Å². The average molecular weight is 184 g/mol. The van der Waals surface area contributed by atoms with Crippen LogP contribution < -0.4 is 5.32 Å². The van der Waals surface area contributed by atoms with Gasteiger partial charge in [-0.15, -0.1) is 0 Å². The summed E-state index contributed by atoms with van der Waals surface area (Å²) >= 11 is 0. The molecule has 0 saturated heterocycles. The van der Waals surface area contributed by atoms with E-state index in [1.165, 1.54) is 25.8 Å². The Morgan fingerprint density at radius 3 is 2.38 bits per heavy atom. The Bertz CT molecular complexity index is 145. The van der Waals surface area contributed by atoms with Crippen molar-refractivity contribution in [3.05, 3.63) is 0 Å². The van der Waals surface area contributed by atoms with E-state index in [4.69, 9.17) is 0 Å². The van der Waals surface area contributed by atoms with Gasteiger partial charge in [0.05, 0.1) is 0 Å². The molecule has 2 nitrogen and oxygen atoms in total. The van der Waals surface area contributed by atoms with Crippen molar-refractivity contribution in [3.8, 4) is 0 Å². The van der Waals surface area contributed by atoms with Crippen LogP contribution >= 0.6 is 0 Å². The predicted octanol–water partition coefficient (Wildman–Crippen LogP) is 1.86. The van der Waals surface area contributed by atoms with Crippen LogP contribution in [-0.4, -0.2) is 36.6 Å². The summed E-state index contributed by atoms with van der Waals surface area (Å²) < 4.78 is 0. The van der Waals surface area contributed by atoms with Gasteiger partial charge in [-0.3, -0.25) is 0 Å². The van der Waals surface area contributed by atoms with Gasteiger partial charge < -0.3 is 10.2 Å². The maximum Gasteiger partial charge on any atom is 0.00965 e. The maximum absolute atomic E-state index is 3.51. The van der Waals surface area contributed by atoms with Gasteiger partial charge in [-0.25, -0.2) is 0 Å². The van der Waals surface area contributed by atoms with Crippen molar-refractivity contribution >= 4 is 0 Å². The highest BCUT2D eigenvalue weighted by atomic mass is 15.1. The van der Waals surface area contributed by atoms with Crippen LogP contribution in [0.5, 0.6) is 0 Å². The quantitative estimate of drug-likeness (QED) is 0.656. The average Bonchev–Trinajstić information content (AvgIpc) is 2.77. The first-order chi connectivity index (χ1) is 5.99. The van der Waals surface area contributed by atoms with Crippen molar-refractivity contribution in [2.45, 2.75) is 51.6 Å². The van der Waals surface area contributed by atoms with Gasteiger partial charge in [0.2, 0.25) is 0 Å². The molecule has 1 saturated carbocycles. The Balaban J connectivity index is 1.94. The van der Waals surface area contributed by atoms with Crippen LogP contribution in [0.25, 0.3) is 0 Å². The standard InChI is InChI=1S/C11H24N2/c1-11(2,3)12-8-5-9-13(4)10-6-7-10/h10,12H,5-9H2,1-4H3. The second-order valence-electron chi connectivity index (χ2n) is 5.24. The number of nitrogens with zero attached hydrogens (tertiary/aromatic N) is 1. The highest BCUT2D eigenvalue weighted by Crippen LogP contribution is 2.25. The van der Waals surface area contributed by atoms with E-state index in [1.807, 2.05) is 0 Å².